The van der Waals surface area contributed by atoms with E-state index in [-0.39, 0.29) is 35.9 Å². The maximum Gasteiger partial charge on any atom is 3.00 e. The molecule has 31 heavy (non-hydrogen) atoms. The molecule has 3 fully saturated rings. The first-order valence-corrected chi connectivity index (χ1v) is 12.0. The molecule has 0 radical (unpaired) electrons. The Labute approximate surface area is 212 Å². The first-order chi connectivity index (χ1) is 14.1. The van der Waals surface area contributed by atoms with Crippen LogP contribution in [-0.2, 0) is 14.4 Å². The molecule has 6 unspecified atom stereocenters. The predicted molar refractivity (Wildman–Crippen MR) is 116 cm³/mol. The fourth-order valence-corrected chi connectivity index (χ4v) is 5.20. The molecule has 10 heteroatoms. The average Bonchev–Trinajstić information content (AvgIpc) is 2.69. The van der Waals surface area contributed by atoms with Gasteiger partial charge in [-0.25, -0.2) is 0 Å². The van der Waals surface area contributed by atoms with Crippen LogP contribution in [0.1, 0.15) is 77.0 Å². The molecular weight excluding hydrogens is 524 g/mol. The molecule has 0 heterocycles. The molecule has 0 bridgehead atoms. The Morgan fingerprint density at radius 2 is 0.677 bits per heavy atom. The van der Waals surface area contributed by atoms with Gasteiger partial charge in [0.05, 0.1) is 0 Å². The molecular formula is C21H30Cl3GaO6. The summed E-state index contributed by atoms with van der Waals surface area (Å²) in [7, 11) is 0. The fourth-order valence-electron chi connectivity index (χ4n) is 4.05. The molecule has 6 atom stereocenters. The van der Waals surface area contributed by atoms with Gasteiger partial charge in [0.1, 0.15) is 0 Å². The van der Waals surface area contributed by atoms with Gasteiger partial charge in [-0.1, -0.05) is 38.5 Å². The quantitative estimate of drug-likeness (QED) is 0.382. The number of carbonyl (C=O) groups excluding carboxylic acids is 3. The summed E-state index contributed by atoms with van der Waals surface area (Å²) >= 11 is 17.3. The van der Waals surface area contributed by atoms with Crippen molar-refractivity contribution in [1.29, 1.82) is 0 Å². The van der Waals surface area contributed by atoms with E-state index in [1.54, 1.807) is 0 Å². The molecule has 0 aromatic carbocycles. The van der Waals surface area contributed by atoms with E-state index in [1.165, 1.54) is 0 Å². The average molecular weight is 555 g/mol. The Morgan fingerprint density at radius 3 is 0.806 bits per heavy atom. The van der Waals surface area contributed by atoms with E-state index in [2.05, 4.69) is 0 Å². The third kappa shape index (κ3) is 11.6. The van der Waals surface area contributed by atoms with Crippen molar-refractivity contribution in [2.75, 3.05) is 0 Å². The molecule has 0 aromatic heterocycles. The normalized spacial score (nSPS) is 32.6. The summed E-state index contributed by atoms with van der Waals surface area (Å²) in [6.07, 6.45) is 10.6. The van der Waals surface area contributed by atoms with E-state index >= 15 is 0 Å². The van der Waals surface area contributed by atoms with Crippen LogP contribution in [0.15, 0.2) is 0 Å². The Balaban J connectivity index is 0.000000429. The Hall–Kier alpha value is -0.0836. The van der Waals surface area contributed by atoms with Crippen LogP contribution in [-0.4, -0.2) is 53.8 Å². The summed E-state index contributed by atoms with van der Waals surface area (Å²) in [5, 5.41) is 30.5. The van der Waals surface area contributed by atoms with Crippen molar-refractivity contribution in [2.24, 2.45) is 17.8 Å². The van der Waals surface area contributed by atoms with E-state index in [1.807, 2.05) is 0 Å². The van der Waals surface area contributed by atoms with Crippen molar-refractivity contribution < 1.29 is 29.7 Å². The first-order valence-electron chi connectivity index (χ1n) is 10.7. The van der Waals surface area contributed by atoms with E-state index in [4.69, 9.17) is 34.8 Å². The van der Waals surface area contributed by atoms with Gasteiger partial charge in [-0.2, -0.15) is 0 Å². The Kier molecular flexibility index (Phi) is 16.5. The minimum absolute atomic E-state index is 0. The molecule has 3 saturated carbocycles. The molecule has 3 rings (SSSR count). The summed E-state index contributed by atoms with van der Waals surface area (Å²) in [4.78, 5) is 31.1. The summed E-state index contributed by atoms with van der Waals surface area (Å²) in [5.41, 5.74) is 0. The van der Waals surface area contributed by atoms with Crippen molar-refractivity contribution in [3.8, 4) is 0 Å². The van der Waals surface area contributed by atoms with Gasteiger partial charge in [0.15, 0.2) is 0 Å². The van der Waals surface area contributed by atoms with Gasteiger partial charge in [-0.05, 0) is 38.5 Å². The molecule has 174 valence electrons. The summed E-state index contributed by atoms with van der Waals surface area (Å²) in [6, 6.07) is 0. The second-order valence-electron chi connectivity index (χ2n) is 8.18. The number of halogens is 3. The van der Waals surface area contributed by atoms with Crippen molar-refractivity contribution in [3.63, 3.8) is 0 Å². The number of hydrogen-bond acceptors (Lipinski definition) is 6. The van der Waals surface area contributed by atoms with Gasteiger partial charge < -0.3 is 29.7 Å². The maximum atomic E-state index is 10.4. The van der Waals surface area contributed by atoms with Crippen molar-refractivity contribution in [1.82, 2.24) is 0 Å². The molecule has 3 aliphatic carbocycles. The van der Waals surface area contributed by atoms with E-state index in [9.17, 15) is 29.7 Å². The van der Waals surface area contributed by atoms with Crippen LogP contribution in [0.4, 0.5) is 0 Å². The largest absolute Gasteiger partial charge is 3.00 e. The zero-order chi connectivity index (χ0) is 22.7. The molecule has 0 aliphatic heterocycles. The van der Waals surface area contributed by atoms with Gasteiger partial charge in [-0.3, -0.25) is 0 Å². The molecule has 0 N–H and O–H groups in total. The monoisotopic (exact) mass is 552 g/mol. The third-order valence-electron chi connectivity index (χ3n) is 5.95. The van der Waals surface area contributed by atoms with Crippen LogP contribution in [0.5, 0.6) is 0 Å². The maximum absolute atomic E-state index is 10.4. The number of carboxylic acids is 3. The summed E-state index contributed by atoms with van der Waals surface area (Å²) in [6.45, 7) is 0. The van der Waals surface area contributed by atoms with Crippen LogP contribution < -0.4 is 15.3 Å². The molecule has 0 amide bonds. The summed E-state index contributed by atoms with van der Waals surface area (Å²) in [5.74, 6) is -4.18. The molecule has 0 saturated heterocycles. The van der Waals surface area contributed by atoms with Crippen LogP contribution in [0.2, 0.25) is 0 Å². The zero-order valence-electron chi connectivity index (χ0n) is 17.6. The zero-order valence-corrected chi connectivity index (χ0v) is 22.3. The minimum atomic E-state index is -0.986. The van der Waals surface area contributed by atoms with Crippen LogP contribution >= 0.6 is 34.8 Å². The molecule has 0 aromatic rings. The topological polar surface area (TPSA) is 120 Å². The molecule has 3 aliphatic rings. The molecule has 0 spiro atoms. The third-order valence-corrected chi connectivity index (χ3v) is 7.52. The van der Waals surface area contributed by atoms with Crippen LogP contribution in [0.25, 0.3) is 0 Å². The van der Waals surface area contributed by atoms with Gasteiger partial charge in [0, 0.05) is 51.8 Å². The van der Waals surface area contributed by atoms with E-state index in [0.29, 0.717) is 19.3 Å². The standard InChI is InChI=1S/3C7H11ClO2.Ga/c3*8-6-4-2-1-3-5(6)7(9)10;/h3*5-6H,1-4H2,(H,9,10);/q;;;+3/p-3. The van der Waals surface area contributed by atoms with Crippen molar-refractivity contribution in [2.45, 2.75) is 93.2 Å². The van der Waals surface area contributed by atoms with Gasteiger partial charge in [-0.15, -0.1) is 34.8 Å². The van der Waals surface area contributed by atoms with Crippen molar-refractivity contribution in [3.05, 3.63) is 0 Å². The molecule has 6 nitrogen and oxygen atoms in total. The Morgan fingerprint density at radius 1 is 0.484 bits per heavy atom. The van der Waals surface area contributed by atoms with Crippen LogP contribution in [0, 0.1) is 17.8 Å². The second kappa shape index (κ2) is 16.5. The number of alkyl halides is 3. The summed E-state index contributed by atoms with van der Waals surface area (Å²) < 4.78 is 0. The number of rotatable bonds is 3. The van der Waals surface area contributed by atoms with Crippen LogP contribution in [0.3, 0.4) is 0 Å². The predicted octanol–water partition coefficient (Wildman–Crippen LogP) is 1.22. The number of aliphatic carboxylic acids is 3. The van der Waals surface area contributed by atoms with Gasteiger partial charge in [0.2, 0.25) is 0 Å². The van der Waals surface area contributed by atoms with E-state index < -0.39 is 35.7 Å². The van der Waals surface area contributed by atoms with Crippen molar-refractivity contribution >= 4 is 72.5 Å². The first kappa shape index (κ1) is 30.9. The SMILES string of the molecule is O=C([O-])C1CCCCC1Cl.O=C([O-])C1CCCCC1Cl.O=C([O-])C1CCCCC1Cl.[Ga+3]. The minimum Gasteiger partial charge on any atom is -0.550 e. The fraction of sp³-hybridized carbons (Fsp3) is 0.857. The van der Waals surface area contributed by atoms with Gasteiger partial charge >= 0.3 is 19.8 Å². The van der Waals surface area contributed by atoms with E-state index in [0.717, 1.165) is 57.8 Å². The second-order valence-corrected chi connectivity index (χ2v) is 9.86. The number of carboxylic acid groups (broad SMARTS) is 3. The smallest absolute Gasteiger partial charge is 0.550 e. The number of hydrogen-bond donors (Lipinski definition) is 0. The number of carbonyl (C=O) groups is 3. The Bertz CT molecular complexity index is 489. The van der Waals surface area contributed by atoms with Gasteiger partial charge in [0.25, 0.3) is 0 Å².